The summed E-state index contributed by atoms with van der Waals surface area (Å²) in [6, 6.07) is 8.06. The highest BCUT2D eigenvalue weighted by molar-refractivity contribution is 5.87. The third kappa shape index (κ3) is 4.97. The molecular formula is C22H35ClN2O2. The Kier molecular flexibility index (Phi) is 7.20. The number of benzene rings is 1. The smallest absolute Gasteiger partial charge is 0.232 e. The molecule has 0 saturated carbocycles. The van der Waals surface area contributed by atoms with Gasteiger partial charge < -0.3 is 15.0 Å². The Morgan fingerprint density at radius 2 is 1.81 bits per heavy atom. The van der Waals surface area contributed by atoms with E-state index in [4.69, 9.17) is 4.74 Å². The maximum Gasteiger partial charge on any atom is 0.232 e. The lowest BCUT2D eigenvalue weighted by molar-refractivity contribution is -0.138. The third-order valence-corrected chi connectivity index (χ3v) is 6.14. The number of halogens is 1. The predicted molar refractivity (Wildman–Crippen MR) is 113 cm³/mol. The monoisotopic (exact) mass is 394 g/mol. The number of amides is 1. The normalized spacial score (nSPS) is 19.2. The minimum Gasteiger partial charge on any atom is -0.493 e. The van der Waals surface area contributed by atoms with Gasteiger partial charge >= 0.3 is 0 Å². The van der Waals surface area contributed by atoms with E-state index in [0.29, 0.717) is 17.9 Å². The van der Waals surface area contributed by atoms with Crippen LogP contribution in [-0.2, 0) is 10.2 Å². The Morgan fingerprint density at radius 3 is 2.33 bits per heavy atom. The molecule has 5 heteroatoms. The number of nitrogens with one attached hydrogen (secondary N) is 1. The van der Waals surface area contributed by atoms with Crippen LogP contribution in [0.25, 0.3) is 0 Å². The molecular weight excluding hydrogens is 360 g/mol. The molecule has 0 aromatic heterocycles. The minimum absolute atomic E-state index is 0. The van der Waals surface area contributed by atoms with Crippen molar-refractivity contribution in [3.63, 3.8) is 0 Å². The van der Waals surface area contributed by atoms with Crippen LogP contribution in [0.2, 0.25) is 0 Å². The molecule has 0 aliphatic carbocycles. The molecule has 152 valence electrons. The van der Waals surface area contributed by atoms with Gasteiger partial charge in [0.2, 0.25) is 5.91 Å². The molecule has 3 rings (SSSR count). The summed E-state index contributed by atoms with van der Waals surface area (Å²) in [6.07, 6.45) is 3.52. The second-order valence-electron chi connectivity index (χ2n) is 9.07. The van der Waals surface area contributed by atoms with Crippen LogP contribution >= 0.6 is 12.4 Å². The van der Waals surface area contributed by atoms with E-state index in [1.807, 2.05) is 38.1 Å². The van der Waals surface area contributed by atoms with Gasteiger partial charge in [0.15, 0.2) is 0 Å². The Hall–Kier alpha value is -1.26. The largest absolute Gasteiger partial charge is 0.493 e. The molecule has 1 N–H and O–H groups in total. The molecule has 0 unspecified atom stereocenters. The average molecular weight is 395 g/mol. The highest BCUT2D eigenvalue weighted by Gasteiger charge is 2.41. The Morgan fingerprint density at radius 1 is 1.19 bits per heavy atom. The minimum atomic E-state index is -0.505. The molecule has 4 nitrogen and oxygen atoms in total. The molecule has 2 aliphatic rings. The lowest BCUT2D eigenvalue weighted by Crippen LogP contribution is -2.49. The fourth-order valence-electron chi connectivity index (χ4n) is 4.16. The lowest BCUT2D eigenvalue weighted by Gasteiger charge is -2.41. The Bertz CT molecular complexity index is 612. The van der Waals surface area contributed by atoms with Gasteiger partial charge in [0.25, 0.3) is 0 Å². The van der Waals surface area contributed by atoms with Gasteiger partial charge in [0.05, 0.1) is 12.0 Å². The van der Waals surface area contributed by atoms with Crippen molar-refractivity contribution < 1.29 is 9.53 Å². The molecule has 2 fully saturated rings. The van der Waals surface area contributed by atoms with Gasteiger partial charge in [-0.25, -0.2) is 0 Å². The average Bonchev–Trinajstić information content (AvgIpc) is 3.08. The summed E-state index contributed by atoms with van der Waals surface area (Å²) in [5, 5.41) is 3.49. The van der Waals surface area contributed by atoms with E-state index in [-0.39, 0.29) is 18.3 Å². The maximum atomic E-state index is 13.2. The second-order valence-corrected chi connectivity index (χ2v) is 9.07. The number of hydrogen-bond acceptors (Lipinski definition) is 3. The number of rotatable bonds is 5. The fourth-order valence-corrected chi connectivity index (χ4v) is 4.16. The Balaban J connectivity index is 0.00000261. The van der Waals surface area contributed by atoms with Crippen LogP contribution in [0.3, 0.4) is 0 Å². The Labute approximate surface area is 170 Å². The summed E-state index contributed by atoms with van der Waals surface area (Å²) in [6.45, 7) is 13.1. The van der Waals surface area contributed by atoms with E-state index >= 15 is 0 Å². The van der Waals surface area contributed by atoms with Crippen molar-refractivity contribution in [1.82, 2.24) is 10.2 Å². The summed E-state index contributed by atoms with van der Waals surface area (Å²) in [5.74, 6) is 1.62. The molecule has 0 bridgehead atoms. The summed E-state index contributed by atoms with van der Waals surface area (Å²) >= 11 is 0. The standard InChI is InChI=1S/C22H34N2O2.ClH/c1-17(2)15-26-19-7-5-18(6-8-19)21(3,4)20(25)24-13-10-22(11-14-24)9-12-23-16-22;/h5-8,17,23H,9-16H2,1-4H3;1H. The first-order valence-corrected chi connectivity index (χ1v) is 10.1. The van der Waals surface area contributed by atoms with Crippen LogP contribution in [0, 0.1) is 11.3 Å². The number of ether oxygens (including phenoxy) is 1. The zero-order valence-electron chi connectivity index (χ0n) is 17.2. The van der Waals surface area contributed by atoms with Crippen molar-refractivity contribution >= 4 is 18.3 Å². The van der Waals surface area contributed by atoms with E-state index in [0.717, 1.165) is 50.3 Å². The van der Waals surface area contributed by atoms with Crippen molar-refractivity contribution in [2.24, 2.45) is 11.3 Å². The van der Waals surface area contributed by atoms with Crippen molar-refractivity contribution in [2.75, 3.05) is 32.8 Å². The number of piperidine rings is 1. The predicted octanol–water partition coefficient (Wildman–Crippen LogP) is 4.02. The van der Waals surface area contributed by atoms with Crippen molar-refractivity contribution in [1.29, 1.82) is 0 Å². The van der Waals surface area contributed by atoms with Crippen molar-refractivity contribution in [2.45, 2.75) is 52.4 Å². The quantitative estimate of drug-likeness (QED) is 0.819. The van der Waals surface area contributed by atoms with Gasteiger partial charge in [0.1, 0.15) is 5.75 Å². The summed E-state index contributed by atoms with van der Waals surface area (Å²) in [7, 11) is 0. The SMILES string of the molecule is CC(C)COc1ccc(C(C)(C)C(=O)N2CCC3(CCNC3)CC2)cc1.Cl. The lowest BCUT2D eigenvalue weighted by atomic mass is 9.76. The van der Waals surface area contributed by atoms with Crippen molar-refractivity contribution in [3.8, 4) is 5.75 Å². The molecule has 2 aliphatic heterocycles. The van der Waals surface area contributed by atoms with E-state index in [9.17, 15) is 4.79 Å². The zero-order valence-corrected chi connectivity index (χ0v) is 18.0. The maximum absolute atomic E-state index is 13.2. The van der Waals surface area contributed by atoms with Crippen LogP contribution in [0.4, 0.5) is 0 Å². The molecule has 1 aromatic carbocycles. The van der Waals surface area contributed by atoms with E-state index < -0.39 is 5.41 Å². The summed E-state index contributed by atoms with van der Waals surface area (Å²) in [5.41, 5.74) is 0.993. The molecule has 1 aromatic rings. The molecule has 2 heterocycles. The first-order chi connectivity index (χ1) is 12.3. The number of carbonyl (C=O) groups is 1. The van der Waals surface area contributed by atoms with E-state index in [1.54, 1.807) is 0 Å². The van der Waals surface area contributed by atoms with Gasteiger partial charge in [-0.15, -0.1) is 12.4 Å². The number of nitrogens with zero attached hydrogens (tertiary/aromatic N) is 1. The number of carbonyl (C=O) groups excluding carboxylic acids is 1. The highest BCUT2D eigenvalue weighted by atomic mass is 35.5. The third-order valence-electron chi connectivity index (χ3n) is 6.14. The molecule has 0 radical (unpaired) electrons. The number of hydrogen-bond donors (Lipinski definition) is 1. The van der Waals surface area contributed by atoms with E-state index in [2.05, 4.69) is 24.1 Å². The molecule has 27 heavy (non-hydrogen) atoms. The van der Waals surface area contributed by atoms with Crippen LogP contribution in [-0.4, -0.2) is 43.6 Å². The highest BCUT2D eigenvalue weighted by Crippen LogP contribution is 2.38. The summed E-state index contributed by atoms with van der Waals surface area (Å²) < 4.78 is 5.76. The zero-order chi connectivity index (χ0) is 18.8. The first-order valence-electron chi connectivity index (χ1n) is 10.1. The van der Waals surface area contributed by atoms with Gasteiger partial charge in [-0.1, -0.05) is 26.0 Å². The van der Waals surface area contributed by atoms with Gasteiger partial charge in [-0.2, -0.15) is 0 Å². The van der Waals surface area contributed by atoms with Crippen LogP contribution in [0.1, 0.15) is 52.5 Å². The van der Waals surface area contributed by atoms with Gasteiger partial charge in [-0.3, -0.25) is 4.79 Å². The van der Waals surface area contributed by atoms with Crippen LogP contribution in [0.15, 0.2) is 24.3 Å². The first kappa shape index (κ1) is 22.0. The molecule has 2 saturated heterocycles. The molecule has 0 atom stereocenters. The van der Waals surface area contributed by atoms with Crippen LogP contribution in [0.5, 0.6) is 5.75 Å². The second kappa shape index (κ2) is 8.83. The number of likely N-dealkylation sites (tertiary alicyclic amines) is 1. The molecule has 1 spiro atoms. The summed E-state index contributed by atoms with van der Waals surface area (Å²) in [4.78, 5) is 15.3. The van der Waals surface area contributed by atoms with E-state index in [1.165, 1.54) is 6.42 Å². The topological polar surface area (TPSA) is 41.6 Å². The van der Waals surface area contributed by atoms with Gasteiger partial charge in [0, 0.05) is 19.6 Å². The molecule has 1 amide bonds. The fraction of sp³-hybridized carbons (Fsp3) is 0.682. The van der Waals surface area contributed by atoms with Crippen molar-refractivity contribution in [3.05, 3.63) is 29.8 Å². The van der Waals surface area contributed by atoms with Crippen LogP contribution < -0.4 is 10.1 Å². The van der Waals surface area contributed by atoms with Gasteiger partial charge in [-0.05, 0) is 68.7 Å².